The summed E-state index contributed by atoms with van der Waals surface area (Å²) in [5, 5.41) is 9.32. The molecule has 0 saturated carbocycles. The van der Waals surface area contributed by atoms with Crippen molar-refractivity contribution in [3.8, 4) is 0 Å². The molecule has 3 fully saturated rings. The van der Waals surface area contributed by atoms with Gasteiger partial charge >= 0.3 is 5.97 Å². The third-order valence-corrected chi connectivity index (χ3v) is 5.22. The van der Waals surface area contributed by atoms with Crippen LogP contribution >= 0.6 is 0 Å². The number of hydrogen-bond acceptors (Lipinski definition) is 3. The van der Waals surface area contributed by atoms with Crippen molar-refractivity contribution < 1.29 is 14.6 Å². The van der Waals surface area contributed by atoms with Gasteiger partial charge in [-0.2, -0.15) is 0 Å². The lowest BCUT2D eigenvalue weighted by atomic mass is 9.89. The molecule has 5 atom stereocenters. The molecule has 0 spiro atoms. The molecule has 0 aromatic carbocycles. The third-order valence-electron chi connectivity index (χ3n) is 5.22. The van der Waals surface area contributed by atoms with E-state index in [1.807, 2.05) is 0 Å². The van der Waals surface area contributed by atoms with Gasteiger partial charge in [-0.15, -0.1) is 0 Å². The first-order valence-electron chi connectivity index (χ1n) is 7.30. The lowest BCUT2D eigenvalue weighted by Crippen LogP contribution is -2.45. The van der Waals surface area contributed by atoms with Gasteiger partial charge in [-0.05, 0) is 38.0 Å². The highest BCUT2D eigenvalue weighted by atomic mass is 16.5. The fourth-order valence-corrected chi connectivity index (χ4v) is 4.46. The van der Waals surface area contributed by atoms with E-state index < -0.39 is 5.97 Å². The Hall–Kier alpha value is -0.610. The summed E-state index contributed by atoms with van der Waals surface area (Å²) in [7, 11) is 0. The summed E-state index contributed by atoms with van der Waals surface area (Å²) in [5.74, 6) is -0.101. The number of nitrogens with zero attached hydrogens (tertiary/aromatic N) is 1. The monoisotopic (exact) mass is 253 g/mol. The van der Waals surface area contributed by atoms with Gasteiger partial charge in [0.05, 0.1) is 12.5 Å². The van der Waals surface area contributed by atoms with E-state index in [4.69, 9.17) is 4.74 Å². The Kier molecular flexibility index (Phi) is 3.32. The number of hydrogen-bond donors (Lipinski definition) is 1. The molecule has 18 heavy (non-hydrogen) atoms. The summed E-state index contributed by atoms with van der Waals surface area (Å²) < 4.78 is 5.52. The Bertz CT molecular complexity index is 327. The Morgan fingerprint density at radius 3 is 2.83 bits per heavy atom. The van der Waals surface area contributed by atoms with Gasteiger partial charge in [0.1, 0.15) is 0 Å². The van der Waals surface area contributed by atoms with E-state index in [9.17, 15) is 9.90 Å². The Balaban J connectivity index is 1.76. The van der Waals surface area contributed by atoms with Gasteiger partial charge in [0.15, 0.2) is 0 Å². The van der Waals surface area contributed by atoms with Crippen LogP contribution in [0.3, 0.4) is 0 Å². The summed E-state index contributed by atoms with van der Waals surface area (Å²) in [6.07, 6.45) is 5.40. The smallest absolute Gasteiger partial charge is 0.308 e. The lowest BCUT2D eigenvalue weighted by Gasteiger charge is -2.35. The molecular formula is C14H23NO3. The van der Waals surface area contributed by atoms with Crippen LogP contribution < -0.4 is 0 Å². The van der Waals surface area contributed by atoms with Gasteiger partial charge in [-0.3, -0.25) is 9.69 Å². The number of fused-ring (bicyclic) bond motifs is 2. The van der Waals surface area contributed by atoms with Crippen LogP contribution in [0, 0.1) is 11.8 Å². The molecular weight excluding hydrogens is 230 g/mol. The van der Waals surface area contributed by atoms with Crippen molar-refractivity contribution in [2.24, 2.45) is 11.8 Å². The van der Waals surface area contributed by atoms with Gasteiger partial charge in [0.2, 0.25) is 0 Å². The molecule has 0 amide bonds. The molecule has 5 unspecified atom stereocenters. The minimum atomic E-state index is -0.593. The maximum absolute atomic E-state index is 11.3. The van der Waals surface area contributed by atoms with Crippen molar-refractivity contribution >= 4 is 5.97 Å². The average molecular weight is 253 g/mol. The number of aliphatic carboxylic acids is 1. The van der Waals surface area contributed by atoms with Crippen LogP contribution in [-0.2, 0) is 9.53 Å². The van der Waals surface area contributed by atoms with Crippen molar-refractivity contribution in [1.29, 1.82) is 0 Å². The van der Waals surface area contributed by atoms with Crippen LogP contribution in [0.15, 0.2) is 0 Å². The maximum Gasteiger partial charge on any atom is 0.308 e. The van der Waals surface area contributed by atoms with Gasteiger partial charge in [-0.1, -0.05) is 6.92 Å². The van der Waals surface area contributed by atoms with E-state index in [1.54, 1.807) is 0 Å². The fraction of sp³-hybridized carbons (Fsp3) is 0.929. The predicted octanol–water partition coefficient (Wildman–Crippen LogP) is 1.74. The quantitative estimate of drug-likeness (QED) is 0.829. The number of carboxylic acids is 1. The molecule has 0 aromatic heterocycles. The highest BCUT2D eigenvalue weighted by molar-refractivity contribution is 5.71. The number of carbonyl (C=O) groups is 1. The van der Waals surface area contributed by atoms with Crippen molar-refractivity contribution in [3.05, 3.63) is 0 Å². The van der Waals surface area contributed by atoms with Gasteiger partial charge in [-0.25, -0.2) is 0 Å². The lowest BCUT2D eigenvalue weighted by molar-refractivity contribution is -0.142. The summed E-state index contributed by atoms with van der Waals surface area (Å²) in [6.45, 7) is 3.98. The van der Waals surface area contributed by atoms with E-state index in [0.29, 0.717) is 18.0 Å². The largest absolute Gasteiger partial charge is 0.481 e. The van der Waals surface area contributed by atoms with E-state index in [1.165, 1.54) is 6.42 Å². The zero-order valence-corrected chi connectivity index (χ0v) is 11.0. The van der Waals surface area contributed by atoms with Crippen LogP contribution in [-0.4, -0.2) is 47.3 Å². The molecule has 2 bridgehead atoms. The Labute approximate surface area is 108 Å². The van der Waals surface area contributed by atoms with E-state index in [2.05, 4.69) is 11.8 Å². The molecule has 102 valence electrons. The van der Waals surface area contributed by atoms with Crippen molar-refractivity contribution in [2.45, 2.75) is 57.2 Å². The van der Waals surface area contributed by atoms with E-state index in [0.717, 1.165) is 38.9 Å². The van der Waals surface area contributed by atoms with Gasteiger partial charge in [0.25, 0.3) is 0 Å². The first-order chi connectivity index (χ1) is 8.72. The van der Waals surface area contributed by atoms with Crippen LogP contribution in [0.5, 0.6) is 0 Å². The molecule has 0 aromatic rings. The molecule has 4 heteroatoms. The SMILES string of the molecule is CCC(C1CCOC1)N1C2CCC1C(C(=O)O)C2. The average Bonchev–Trinajstić information content (AvgIpc) is 3.06. The fourth-order valence-electron chi connectivity index (χ4n) is 4.46. The molecule has 0 radical (unpaired) electrons. The standard InChI is InChI=1S/C14H23NO3/c1-2-12(9-5-6-18-8-9)15-10-3-4-13(15)11(7-10)14(16)17/h9-13H,2-8H2,1H3,(H,16,17). The van der Waals surface area contributed by atoms with Crippen LogP contribution in [0.25, 0.3) is 0 Å². The van der Waals surface area contributed by atoms with Crippen molar-refractivity contribution in [1.82, 2.24) is 4.90 Å². The summed E-state index contributed by atoms with van der Waals surface area (Å²) >= 11 is 0. The molecule has 3 heterocycles. The molecule has 4 nitrogen and oxygen atoms in total. The number of rotatable bonds is 4. The second kappa shape index (κ2) is 4.82. The van der Waals surface area contributed by atoms with Crippen molar-refractivity contribution in [3.63, 3.8) is 0 Å². The van der Waals surface area contributed by atoms with Gasteiger partial charge < -0.3 is 9.84 Å². The minimum Gasteiger partial charge on any atom is -0.481 e. The first kappa shape index (κ1) is 12.4. The first-order valence-corrected chi connectivity index (χ1v) is 7.30. The third kappa shape index (κ3) is 1.86. The molecule has 3 rings (SSSR count). The topological polar surface area (TPSA) is 49.8 Å². The highest BCUT2D eigenvalue weighted by Crippen LogP contribution is 2.45. The number of ether oxygens (including phenoxy) is 1. The predicted molar refractivity (Wildman–Crippen MR) is 67.4 cm³/mol. The second-order valence-electron chi connectivity index (χ2n) is 6.03. The Morgan fingerprint density at radius 1 is 1.44 bits per heavy atom. The molecule has 0 aliphatic carbocycles. The summed E-state index contributed by atoms with van der Waals surface area (Å²) in [6, 6.07) is 1.34. The van der Waals surface area contributed by atoms with Crippen LogP contribution in [0.1, 0.15) is 39.0 Å². The normalized spacial score (nSPS) is 41.4. The van der Waals surface area contributed by atoms with E-state index in [-0.39, 0.29) is 12.0 Å². The summed E-state index contributed by atoms with van der Waals surface area (Å²) in [5.41, 5.74) is 0. The highest BCUT2D eigenvalue weighted by Gasteiger charge is 2.52. The molecule has 3 aliphatic rings. The van der Waals surface area contributed by atoms with Crippen LogP contribution in [0.2, 0.25) is 0 Å². The minimum absolute atomic E-state index is 0.125. The zero-order valence-electron chi connectivity index (χ0n) is 11.0. The molecule has 3 saturated heterocycles. The Morgan fingerprint density at radius 2 is 2.28 bits per heavy atom. The summed E-state index contributed by atoms with van der Waals surface area (Å²) in [4.78, 5) is 13.9. The van der Waals surface area contributed by atoms with Gasteiger partial charge in [0, 0.05) is 24.7 Å². The van der Waals surface area contributed by atoms with E-state index >= 15 is 0 Å². The van der Waals surface area contributed by atoms with Crippen LogP contribution in [0.4, 0.5) is 0 Å². The molecule has 1 N–H and O–H groups in total. The van der Waals surface area contributed by atoms with Crippen molar-refractivity contribution in [2.75, 3.05) is 13.2 Å². The zero-order chi connectivity index (χ0) is 12.7. The maximum atomic E-state index is 11.3. The molecule has 3 aliphatic heterocycles. The number of carboxylic acid groups (broad SMARTS) is 1. The second-order valence-corrected chi connectivity index (χ2v) is 6.03.